The van der Waals surface area contributed by atoms with E-state index in [1.807, 2.05) is 18.2 Å². The molecule has 0 unspecified atom stereocenters. The van der Waals surface area contributed by atoms with Crippen LogP contribution in [0, 0.1) is 0 Å². The molecule has 1 saturated heterocycles. The van der Waals surface area contributed by atoms with Gasteiger partial charge in [-0.15, -0.1) is 0 Å². The Hall–Kier alpha value is -1.22. The van der Waals surface area contributed by atoms with Crippen LogP contribution in [0.5, 0.6) is 5.75 Å². The summed E-state index contributed by atoms with van der Waals surface area (Å²) in [7, 11) is 0. The normalized spacial score (nSPS) is 15.7. The first-order valence-electron chi connectivity index (χ1n) is 5.64. The Morgan fingerprint density at radius 3 is 3.00 bits per heavy atom. The summed E-state index contributed by atoms with van der Waals surface area (Å²) in [5.74, 6) is 0.980. The number of hydrazine groups is 1. The lowest BCUT2D eigenvalue weighted by Gasteiger charge is -2.21. The van der Waals surface area contributed by atoms with Crippen molar-refractivity contribution in [1.29, 1.82) is 0 Å². The lowest BCUT2D eigenvalue weighted by molar-refractivity contribution is 0.317. The highest BCUT2D eigenvalue weighted by Gasteiger charge is 2.15. The lowest BCUT2D eigenvalue weighted by atomic mass is 10.3. The van der Waals surface area contributed by atoms with Crippen molar-refractivity contribution in [3.8, 4) is 5.75 Å². The van der Waals surface area contributed by atoms with Crippen molar-refractivity contribution in [1.82, 2.24) is 5.43 Å². The van der Waals surface area contributed by atoms with Crippen molar-refractivity contribution < 1.29 is 4.74 Å². The fourth-order valence-corrected chi connectivity index (χ4v) is 1.75. The quantitative estimate of drug-likeness (QED) is 0.817. The number of benzene rings is 1. The van der Waals surface area contributed by atoms with E-state index < -0.39 is 0 Å². The third-order valence-electron chi connectivity index (χ3n) is 2.48. The zero-order chi connectivity index (χ0) is 10.5. The maximum atomic E-state index is 5.72. The number of nitrogens with zero attached hydrogens (tertiary/aromatic N) is 1. The molecule has 0 radical (unpaired) electrons. The number of anilines is 1. The van der Waals surface area contributed by atoms with Gasteiger partial charge in [-0.05, 0) is 25.0 Å². The number of hydrogen-bond donors (Lipinski definition) is 1. The van der Waals surface area contributed by atoms with Crippen LogP contribution in [0.25, 0.3) is 0 Å². The van der Waals surface area contributed by atoms with Gasteiger partial charge in [0, 0.05) is 13.1 Å². The Labute approximate surface area is 91.0 Å². The summed E-state index contributed by atoms with van der Waals surface area (Å²) in [6.07, 6.45) is 2.24. The van der Waals surface area contributed by atoms with Gasteiger partial charge in [0.2, 0.25) is 0 Å². The first-order chi connectivity index (χ1) is 7.42. The van der Waals surface area contributed by atoms with E-state index in [1.165, 1.54) is 6.42 Å². The Morgan fingerprint density at radius 1 is 1.40 bits per heavy atom. The molecule has 1 aliphatic heterocycles. The van der Waals surface area contributed by atoms with Gasteiger partial charge >= 0.3 is 0 Å². The Bertz CT molecular complexity index is 308. The van der Waals surface area contributed by atoms with Crippen LogP contribution >= 0.6 is 0 Å². The molecule has 0 bridgehead atoms. The minimum absolute atomic E-state index is 0.783. The van der Waals surface area contributed by atoms with Crippen LogP contribution in [0.1, 0.15) is 19.8 Å². The zero-order valence-electron chi connectivity index (χ0n) is 9.20. The van der Waals surface area contributed by atoms with Crippen LogP contribution in [0.2, 0.25) is 0 Å². The molecule has 1 fully saturated rings. The fourth-order valence-electron chi connectivity index (χ4n) is 1.75. The van der Waals surface area contributed by atoms with Gasteiger partial charge in [0.15, 0.2) is 0 Å². The molecule has 1 aromatic rings. The van der Waals surface area contributed by atoms with E-state index in [0.29, 0.717) is 0 Å². The molecule has 1 N–H and O–H groups in total. The van der Waals surface area contributed by atoms with Gasteiger partial charge in [-0.25, -0.2) is 5.43 Å². The molecule has 0 spiro atoms. The molecular formula is C12H18N2O. The number of ether oxygens (including phenoxy) is 1. The van der Waals surface area contributed by atoms with E-state index in [9.17, 15) is 0 Å². The molecule has 0 saturated carbocycles. The molecule has 15 heavy (non-hydrogen) atoms. The van der Waals surface area contributed by atoms with Gasteiger partial charge in [-0.1, -0.05) is 19.1 Å². The topological polar surface area (TPSA) is 24.5 Å². The van der Waals surface area contributed by atoms with E-state index in [-0.39, 0.29) is 0 Å². The van der Waals surface area contributed by atoms with Crippen molar-refractivity contribution in [3.63, 3.8) is 0 Å². The molecule has 3 nitrogen and oxygen atoms in total. The Morgan fingerprint density at radius 2 is 2.27 bits per heavy atom. The summed E-state index contributed by atoms with van der Waals surface area (Å²) in [5.41, 5.74) is 4.50. The summed E-state index contributed by atoms with van der Waals surface area (Å²) in [4.78, 5) is 0. The Balaban J connectivity index is 2.13. The summed E-state index contributed by atoms with van der Waals surface area (Å²) < 4.78 is 5.72. The second-order valence-corrected chi connectivity index (χ2v) is 3.73. The summed E-state index contributed by atoms with van der Waals surface area (Å²) in [6, 6.07) is 8.20. The predicted molar refractivity (Wildman–Crippen MR) is 62.2 cm³/mol. The number of para-hydroxylation sites is 2. The predicted octanol–water partition coefficient (Wildman–Crippen LogP) is 2.19. The van der Waals surface area contributed by atoms with Gasteiger partial charge in [-0.3, -0.25) is 0 Å². The van der Waals surface area contributed by atoms with Crippen molar-refractivity contribution >= 4 is 5.69 Å². The molecule has 1 heterocycles. The first-order valence-corrected chi connectivity index (χ1v) is 5.64. The maximum Gasteiger partial charge on any atom is 0.143 e. The van der Waals surface area contributed by atoms with Crippen LogP contribution in [0.4, 0.5) is 5.69 Å². The highest BCUT2D eigenvalue weighted by atomic mass is 16.5. The summed E-state index contributed by atoms with van der Waals surface area (Å²) in [6.45, 7) is 5.02. The number of nitrogens with one attached hydrogen (secondary N) is 1. The second kappa shape index (κ2) is 5.03. The van der Waals surface area contributed by atoms with Gasteiger partial charge < -0.3 is 9.75 Å². The molecule has 0 aliphatic carbocycles. The molecule has 0 atom stereocenters. The van der Waals surface area contributed by atoms with E-state index in [2.05, 4.69) is 23.4 Å². The van der Waals surface area contributed by atoms with E-state index in [1.54, 1.807) is 0 Å². The van der Waals surface area contributed by atoms with E-state index in [0.717, 1.165) is 37.6 Å². The molecule has 1 aromatic carbocycles. The Kier molecular flexibility index (Phi) is 3.45. The average molecular weight is 206 g/mol. The zero-order valence-corrected chi connectivity index (χ0v) is 9.20. The molecule has 0 amide bonds. The molecule has 3 heteroatoms. The first kappa shape index (κ1) is 10.3. The monoisotopic (exact) mass is 206 g/mol. The smallest absolute Gasteiger partial charge is 0.143 e. The standard InChI is InChI=1S/C12H18N2O/c1-2-10-15-12-7-4-3-6-11(12)14-9-5-8-13-14/h3-4,6-7,13H,2,5,8-10H2,1H3. The average Bonchev–Trinajstić information content (AvgIpc) is 2.80. The van der Waals surface area contributed by atoms with Gasteiger partial charge in [0.25, 0.3) is 0 Å². The van der Waals surface area contributed by atoms with Crippen molar-refractivity contribution in [2.24, 2.45) is 0 Å². The van der Waals surface area contributed by atoms with Crippen molar-refractivity contribution in [2.45, 2.75) is 19.8 Å². The fraction of sp³-hybridized carbons (Fsp3) is 0.500. The SMILES string of the molecule is CCCOc1ccccc1N1CCCN1. The molecule has 2 rings (SSSR count). The number of rotatable bonds is 4. The molecule has 0 aromatic heterocycles. The van der Waals surface area contributed by atoms with Crippen LogP contribution in [0.15, 0.2) is 24.3 Å². The van der Waals surface area contributed by atoms with E-state index in [4.69, 9.17) is 4.74 Å². The second-order valence-electron chi connectivity index (χ2n) is 3.73. The van der Waals surface area contributed by atoms with Gasteiger partial charge in [-0.2, -0.15) is 0 Å². The van der Waals surface area contributed by atoms with Crippen LogP contribution in [0.3, 0.4) is 0 Å². The van der Waals surface area contributed by atoms with Crippen molar-refractivity contribution in [3.05, 3.63) is 24.3 Å². The summed E-state index contributed by atoms with van der Waals surface area (Å²) >= 11 is 0. The number of hydrogen-bond acceptors (Lipinski definition) is 3. The third-order valence-corrected chi connectivity index (χ3v) is 2.48. The molecule has 1 aliphatic rings. The van der Waals surface area contributed by atoms with Gasteiger partial charge in [0.1, 0.15) is 5.75 Å². The van der Waals surface area contributed by atoms with Crippen molar-refractivity contribution in [2.75, 3.05) is 24.7 Å². The highest BCUT2D eigenvalue weighted by Crippen LogP contribution is 2.28. The molecule has 82 valence electrons. The van der Waals surface area contributed by atoms with Crippen LogP contribution < -0.4 is 15.2 Å². The highest BCUT2D eigenvalue weighted by molar-refractivity contribution is 5.58. The van der Waals surface area contributed by atoms with E-state index >= 15 is 0 Å². The van der Waals surface area contributed by atoms with Crippen LogP contribution in [-0.4, -0.2) is 19.7 Å². The maximum absolute atomic E-state index is 5.72. The third kappa shape index (κ3) is 2.42. The summed E-state index contributed by atoms with van der Waals surface area (Å²) in [5, 5.41) is 2.17. The van der Waals surface area contributed by atoms with Gasteiger partial charge in [0.05, 0.1) is 12.3 Å². The minimum atomic E-state index is 0.783. The van der Waals surface area contributed by atoms with Crippen LogP contribution in [-0.2, 0) is 0 Å². The minimum Gasteiger partial charge on any atom is -0.491 e. The largest absolute Gasteiger partial charge is 0.491 e. The molecular weight excluding hydrogens is 188 g/mol. The lowest BCUT2D eigenvalue weighted by Crippen LogP contribution is -2.30.